The normalized spacial score (nSPS) is 10.0. The summed E-state index contributed by atoms with van der Waals surface area (Å²) in [4.78, 5) is 4.18. The summed E-state index contributed by atoms with van der Waals surface area (Å²) in [6.07, 6.45) is 0. The second-order valence-corrected chi connectivity index (χ2v) is 5.23. The molecule has 0 N–H and O–H groups in total. The SMILES string of the molecule is C[C@@H](N=C([O-])c1ccccc1)c1ccccc1.C[N-]C.C[N-]C.C[N-]C.[Cl-].[Ta+5]. The molecule has 1 atom stereocenters. The van der Waals surface area contributed by atoms with Crippen molar-refractivity contribution in [3.05, 3.63) is 87.7 Å². The summed E-state index contributed by atoms with van der Waals surface area (Å²) >= 11 is 0. The third kappa shape index (κ3) is 19.6. The van der Waals surface area contributed by atoms with Crippen molar-refractivity contribution in [2.24, 2.45) is 4.99 Å². The summed E-state index contributed by atoms with van der Waals surface area (Å²) in [5, 5.41) is 22.4. The summed E-state index contributed by atoms with van der Waals surface area (Å²) in [5.41, 5.74) is 1.69. The predicted octanol–water partition coefficient (Wildman–Crippen LogP) is 1.42. The van der Waals surface area contributed by atoms with Gasteiger partial charge in [0.15, 0.2) is 0 Å². The van der Waals surface area contributed by atoms with Crippen LogP contribution >= 0.6 is 0 Å². The smallest absolute Gasteiger partial charge is 1.00 e. The maximum Gasteiger partial charge on any atom is 5.00 e. The first-order valence-electron chi connectivity index (χ1n) is 8.31. The van der Waals surface area contributed by atoms with Gasteiger partial charge in [0.25, 0.3) is 0 Å². The number of hydrogen-bond acceptors (Lipinski definition) is 2. The van der Waals surface area contributed by atoms with Crippen LogP contribution in [-0.2, 0) is 22.4 Å². The predicted molar refractivity (Wildman–Crippen MR) is 113 cm³/mol. The molecule has 0 amide bonds. The molecule has 0 saturated heterocycles. The standard InChI is InChI=1S/C15H15NO.3C2H6N.ClH.Ta/c1-12(13-8-4-2-5-9-13)16-15(17)14-10-6-3-7-11-14;3*1-3-2;;/h2-12H,1H3,(H,16,17);3*1-2H3;1H;/q;3*-1;;+5/p-2/t12-;;;;;/m1...../s1. The van der Waals surface area contributed by atoms with Crippen molar-refractivity contribution in [2.75, 3.05) is 42.3 Å². The third-order valence-corrected chi connectivity index (χ3v) is 2.61. The van der Waals surface area contributed by atoms with Crippen LogP contribution in [0.25, 0.3) is 16.0 Å². The second-order valence-electron chi connectivity index (χ2n) is 5.23. The summed E-state index contributed by atoms with van der Waals surface area (Å²) < 4.78 is 0. The van der Waals surface area contributed by atoms with Gasteiger partial charge in [-0.15, -0.1) is 0 Å². The Kier molecular flexibility index (Phi) is 31.7. The van der Waals surface area contributed by atoms with Gasteiger partial charge in [0, 0.05) is 0 Å². The van der Waals surface area contributed by atoms with Crippen molar-refractivity contribution in [3.63, 3.8) is 0 Å². The van der Waals surface area contributed by atoms with E-state index >= 15 is 0 Å². The van der Waals surface area contributed by atoms with E-state index in [9.17, 15) is 5.11 Å². The van der Waals surface area contributed by atoms with Crippen LogP contribution in [0.2, 0.25) is 0 Å². The van der Waals surface area contributed by atoms with Gasteiger partial charge < -0.3 is 33.5 Å². The van der Waals surface area contributed by atoms with Crippen LogP contribution < -0.4 is 17.5 Å². The Hall–Kier alpha value is -1.18. The van der Waals surface area contributed by atoms with E-state index in [0.29, 0.717) is 5.56 Å². The first kappa shape index (κ1) is 34.3. The van der Waals surface area contributed by atoms with Crippen LogP contribution in [0.4, 0.5) is 0 Å². The Labute approximate surface area is 193 Å². The van der Waals surface area contributed by atoms with E-state index in [1.165, 1.54) is 0 Å². The number of nitrogens with zero attached hydrogens (tertiary/aromatic N) is 4. The van der Waals surface area contributed by atoms with Crippen molar-refractivity contribution in [1.29, 1.82) is 0 Å². The summed E-state index contributed by atoms with van der Waals surface area (Å²) in [6.45, 7) is 1.93. The zero-order valence-corrected chi connectivity index (χ0v) is 21.8. The van der Waals surface area contributed by atoms with E-state index in [0.717, 1.165) is 5.56 Å². The summed E-state index contributed by atoms with van der Waals surface area (Å²) in [7, 11) is 10.5. The molecule has 0 radical (unpaired) electrons. The molecule has 0 saturated carbocycles. The van der Waals surface area contributed by atoms with Crippen LogP contribution in [0, 0.1) is 0 Å². The van der Waals surface area contributed by atoms with Crippen LogP contribution in [-0.4, -0.2) is 48.2 Å². The Morgan fingerprint density at radius 3 is 1.43 bits per heavy atom. The molecule has 2 rings (SSSR count). The van der Waals surface area contributed by atoms with Crippen molar-refractivity contribution >= 4 is 5.90 Å². The molecule has 0 aliphatic rings. The topological polar surface area (TPSA) is 77.7 Å². The van der Waals surface area contributed by atoms with Crippen LogP contribution in [0.1, 0.15) is 24.1 Å². The molecule has 28 heavy (non-hydrogen) atoms. The monoisotopic (exact) mass is 572 g/mol. The number of aliphatic imine (C=N–C) groups is 1. The van der Waals surface area contributed by atoms with Gasteiger partial charge in [0.05, 0.1) is 6.04 Å². The minimum atomic E-state index is -0.165. The van der Waals surface area contributed by atoms with Crippen molar-refractivity contribution < 1.29 is 39.9 Å². The molecule has 5 nitrogen and oxygen atoms in total. The fourth-order valence-electron chi connectivity index (χ4n) is 1.64. The molecule has 2 aromatic carbocycles. The molecule has 2 aromatic rings. The molecule has 0 fully saturated rings. The van der Waals surface area contributed by atoms with Crippen molar-refractivity contribution in [3.8, 4) is 0 Å². The Bertz CT molecular complexity index is 552. The van der Waals surface area contributed by atoms with Gasteiger partial charge >= 0.3 is 22.4 Å². The Balaban J connectivity index is -0.000000225. The molecule has 0 aliphatic carbocycles. The number of rotatable bonds is 3. The minimum Gasteiger partial charge on any atom is -1.00 e. The van der Waals surface area contributed by atoms with E-state index in [1.807, 2.05) is 55.5 Å². The van der Waals surface area contributed by atoms with Gasteiger partial charge in [-0.05, 0) is 23.9 Å². The quantitative estimate of drug-likeness (QED) is 0.405. The second kappa shape index (κ2) is 25.8. The third-order valence-electron chi connectivity index (χ3n) is 2.61. The number of benzene rings is 2. The van der Waals surface area contributed by atoms with Gasteiger partial charge in [-0.3, -0.25) is 4.99 Å². The molecule has 0 unspecified atom stereocenters. The maximum atomic E-state index is 11.9. The average molecular weight is 573 g/mol. The van der Waals surface area contributed by atoms with E-state index in [-0.39, 0.29) is 46.7 Å². The van der Waals surface area contributed by atoms with Crippen LogP contribution in [0.5, 0.6) is 0 Å². The molecule has 154 valence electrons. The molecule has 0 heterocycles. The van der Waals surface area contributed by atoms with Gasteiger partial charge in [-0.2, -0.15) is 42.3 Å². The fraction of sp³-hybridized carbons (Fsp3) is 0.381. The molecule has 0 spiro atoms. The average Bonchev–Trinajstić information content (AvgIpc) is 2.65. The van der Waals surface area contributed by atoms with E-state index in [4.69, 9.17) is 0 Å². The van der Waals surface area contributed by atoms with Gasteiger partial charge in [0.1, 0.15) is 0 Å². The molecule has 0 aromatic heterocycles. The number of hydrogen-bond donors (Lipinski definition) is 0. The number of halogens is 1. The molecule has 7 heteroatoms. The zero-order chi connectivity index (χ0) is 20.2. The molecule has 0 aliphatic heterocycles. The van der Waals surface area contributed by atoms with Gasteiger partial charge in [-0.1, -0.05) is 60.7 Å². The maximum absolute atomic E-state index is 11.9. The largest absolute Gasteiger partial charge is 5.00 e. The van der Waals surface area contributed by atoms with Crippen LogP contribution in [0.3, 0.4) is 0 Å². The van der Waals surface area contributed by atoms with E-state index in [2.05, 4.69) is 20.9 Å². The molecule has 0 bridgehead atoms. The van der Waals surface area contributed by atoms with E-state index < -0.39 is 0 Å². The fourth-order valence-corrected chi connectivity index (χ4v) is 1.64. The Morgan fingerprint density at radius 2 is 1.07 bits per heavy atom. The van der Waals surface area contributed by atoms with Crippen molar-refractivity contribution in [1.82, 2.24) is 0 Å². The summed E-state index contributed by atoms with van der Waals surface area (Å²) in [5.74, 6) is -0.165. The molecular weight excluding hydrogens is 541 g/mol. The Morgan fingerprint density at radius 1 is 0.750 bits per heavy atom. The molecular formula is C21H32ClN4OTa. The van der Waals surface area contributed by atoms with Gasteiger partial charge in [-0.25, -0.2) is 0 Å². The first-order valence-corrected chi connectivity index (χ1v) is 8.31. The minimum absolute atomic E-state index is 0. The van der Waals surface area contributed by atoms with Gasteiger partial charge in [0.2, 0.25) is 0 Å². The first-order chi connectivity index (χ1) is 12.5. The van der Waals surface area contributed by atoms with Crippen molar-refractivity contribution in [2.45, 2.75) is 13.0 Å². The zero-order valence-electron chi connectivity index (χ0n) is 17.9. The summed E-state index contributed by atoms with van der Waals surface area (Å²) in [6, 6.07) is 18.8. The van der Waals surface area contributed by atoms with Crippen LogP contribution in [0.15, 0.2) is 65.7 Å². The van der Waals surface area contributed by atoms with E-state index in [1.54, 1.807) is 54.4 Å².